The number of anilines is 1. The highest BCUT2D eigenvalue weighted by Gasteiger charge is 2.37. The average Bonchev–Trinajstić information content (AvgIpc) is 2.37. The van der Waals surface area contributed by atoms with Gasteiger partial charge in [-0.1, -0.05) is 12.8 Å². The molecule has 2 rings (SSSR count). The quantitative estimate of drug-likeness (QED) is 0.901. The van der Waals surface area contributed by atoms with Crippen molar-refractivity contribution in [2.75, 3.05) is 11.9 Å². The minimum atomic E-state index is -4.43. The first-order chi connectivity index (χ1) is 8.91. The van der Waals surface area contributed by atoms with Gasteiger partial charge in [-0.2, -0.15) is 13.2 Å². The van der Waals surface area contributed by atoms with Crippen LogP contribution in [0.5, 0.6) is 0 Å². The van der Waals surface area contributed by atoms with E-state index in [4.69, 9.17) is 0 Å². The first-order valence-electron chi connectivity index (χ1n) is 6.34. The van der Waals surface area contributed by atoms with Crippen molar-refractivity contribution in [3.05, 3.63) is 23.9 Å². The summed E-state index contributed by atoms with van der Waals surface area (Å²) in [5, 5.41) is 9.94. The van der Waals surface area contributed by atoms with Crippen molar-refractivity contribution in [3.63, 3.8) is 0 Å². The summed E-state index contributed by atoms with van der Waals surface area (Å²) < 4.78 is 38.8. The monoisotopic (exact) mass is 274 g/mol. The van der Waals surface area contributed by atoms with Crippen molar-refractivity contribution in [2.45, 2.75) is 44.0 Å². The van der Waals surface area contributed by atoms with Gasteiger partial charge in [0.25, 0.3) is 0 Å². The zero-order chi connectivity index (χ0) is 14.0. The SMILES string of the molecule is CN(c1ncccc1C(F)(F)F)C1CCCCC1O. The van der Waals surface area contributed by atoms with Crippen LogP contribution < -0.4 is 4.90 Å². The zero-order valence-corrected chi connectivity index (χ0v) is 10.7. The number of hydrogen-bond acceptors (Lipinski definition) is 3. The molecule has 1 saturated carbocycles. The number of aliphatic hydroxyl groups is 1. The highest BCUT2D eigenvalue weighted by atomic mass is 19.4. The molecule has 1 aromatic heterocycles. The lowest BCUT2D eigenvalue weighted by atomic mass is 9.91. The van der Waals surface area contributed by atoms with E-state index in [0.717, 1.165) is 18.9 Å². The second kappa shape index (κ2) is 5.36. The number of pyridine rings is 1. The molecular weight excluding hydrogens is 257 g/mol. The third kappa shape index (κ3) is 3.00. The maximum absolute atomic E-state index is 12.9. The predicted molar refractivity (Wildman–Crippen MR) is 65.9 cm³/mol. The number of likely N-dealkylation sites (N-methyl/N-ethyl adjacent to an activating group) is 1. The summed E-state index contributed by atoms with van der Waals surface area (Å²) in [6.45, 7) is 0. The topological polar surface area (TPSA) is 36.4 Å². The molecule has 0 amide bonds. The van der Waals surface area contributed by atoms with Crippen LogP contribution in [0.2, 0.25) is 0 Å². The molecule has 1 aromatic rings. The van der Waals surface area contributed by atoms with Gasteiger partial charge in [-0.25, -0.2) is 4.98 Å². The summed E-state index contributed by atoms with van der Waals surface area (Å²) in [7, 11) is 1.57. The van der Waals surface area contributed by atoms with Crippen molar-refractivity contribution in [1.82, 2.24) is 4.98 Å². The van der Waals surface area contributed by atoms with E-state index in [-0.39, 0.29) is 11.9 Å². The lowest BCUT2D eigenvalue weighted by Gasteiger charge is -2.36. The van der Waals surface area contributed by atoms with Gasteiger partial charge in [0.15, 0.2) is 0 Å². The van der Waals surface area contributed by atoms with E-state index in [1.165, 1.54) is 17.2 Å². The highest BCUT2D eigenvalue weighted by molar-refractivity contribution is 5.48. The Bertz CT molecular complexity index is 436. The minimum Gasteiger partial charge on any atom is -0.391 e. The summed E-state index contributed by atoms with van der Waals surface area (Å²) in [6.07, 6.45) is -0.537. The van der Waals surface area contributed by atoms with Gasteiger partial charge >= 0.3 is 6.18 Å². The zero-order valence-electron chi connectivity index (χ0n) is 10.7. The van der Waals surface area contributed by atoms with Gasteiger partial charge in [-0.15, -0.1) is 0 Å². The highest BCUT2D eigenvalue weighted by Crippen LogP contribution is 2.36. The number of rotatable bonds is 2. The molecular formula is C13H17F3N2O. The number of halogens is 3. The minimum absolute atomic E-state index is 0.110. The lowest BCUT2D eigenvalue weighted by Crippen LogP contribution is -2.44. The van der Waals surface area contributed by atoms with E-state index in [2.05, 4.69) is 4.98 Å². The van der Waals surface area contributed by atoms with Gasteiger partial charge in [0, 0.05) is 13.2 Å². The standard InChI is InChI=1S/C13H17F3N2O/c1-18(10-6-2-3-7-11(10)19)12-9(13(14,15)16)5-4-8-17-12/h4-5,8,10-11,19H,2-3,6-7H2,1H3. The third-order valence-corrected chi connectivity index (χ3v) is 3.62. The number of alkyl halides is 3. The van der Waals surface area contributed by atoms with Crippen molar-refractivity contribution in [1.29, 1.82) is 0 Å². The predicted octanol–water partition coefficient (Wildman–Crippen LogP) is 2.84. The van der Waals surface area contributed by atoms with Crippen LogP contribution in [-0.4, -0.2) is 29.3 Å². The fraction of sp³-hybridized carbons (Fsp3) is 0.615. The van der Waals surface area contributed by atoms with Crippen LogP contribution in [0.3, 0.4) is 0 Å². The molecule has 0 aromatic carbocycles. The Morgan fingerprint density at radius 3 is 2.63 bits per heavy atom. The first-order valence-corrected chi connectivity index (χ1v) is 6.34. The molecule has 0 spiro atoms. The van der Waals surface area contributed by atoms with Gasteiger partial charge in [0.05, 0.1) is 17.7 Å². The van der Waals surface area contributed by atoms with Gasteiger partial charge in [-0.3, -0.25) is 0 Å². The Morgan fingerprint density at radius 1 is 1.32 bits per heavy atom. The average molecular weight is 274 g/mol. The van der Waals surface area contributed by atoms with Gasteiger partial charge < -0.3 is 10.0 Å². The molecule has 2 unspecified atom stereocenters. The van der Waals surface area contributed by atoms with E-state index in [9.17, 15) is 18.3 Å². The van der Waals surface area contributed by atoms with Crippen LogP contribution in [0, 0.1) is 0 Å². The summed E-state index contributed by atoms with van der Waals surface area (Å²) in [4.78, 5) is 5.31. The van der Waals surface area contributed by atoms with Crippen molar-refractivity contribution in [3.8, 4) is 0 Å². The Balaban J connectivity index is 2.30. The lowest BCUT2D eigenvalue weighted by molar-refractivity contribution is -0.137. The number of nitrogens with zero attached hydrogens (tertiary/aromatic N) is 2. The molecule has 0 radical (unpaired) electrons. The van der Waals surface area contributed by atoms with Crippen LogP contribution in [0.25, 0.3) is 0 Å². The smallest absolute Gasteiger partial charge is 0.391 e. The molecule has 19 heavy (non-hydrogen) atoms. The molecule has 3 nitrogen and oxygen atoms in total. The summed E-state index contributed by atoms with van der Waals surface area (Å²) in [5.74, 6) is -0.110. The molecule has 2 atom stereocenters. The maximum atomic E-state index is 12.9. The van der Waals surface area contributed by atoms with E-state index in [1.807, 2.05) is 0 Å². The van der Waals surface area contributed by atoms with Crippen LogP contribution >= 0.6 is 0 Å². The molecule has 1 N–H and O–H groups in total. The number of aromatic nitrogens is 1. The van der Waals surface area contributed by atoms with Crippen LogP contribution in [0.15, 0.2) is 18.3 Å². The molecule has 6 heteroatoms. The Labute approximate surface area is 110 Å². The van der Waals surface area contributed by atoms with Gasteiger partial charge in [-0.05, 0) is 25.0 Å². The van der Waals surface area contributed by atoms with E-state index >= 15 is 0 Å². The molecule has 1 aliphatic carbocycles. The number of hydrogen-bond donors (Lipinski definition) is 1. The fourth-order valence-electron chi connectivity index (χ4n) is 2.60. The molecule has 1 aliphatic rings. The van der Waals surface area contributed by atoms with Crippen LogP contribution in [-0.2, 0) is 6.18 Å². The van der Waals surface area contributed by atoms with Crippen LogP contribution in [0.1, 0.15) is 31.2 Å². The van der Waals surface area contributed by atoms with E-state index < -0.39 is 17.8 Å². The van der Waals surface area contributed by atoms with Gasteiger partial charge in [0.1, 0.15) is 5.82 Å². The van der Waals surface area contributed by atoms with Crippen molar-refractivity contribution in [2.24, 2.45) is 0 Å². The third-order valence-electron chi connectivity index (χ3n) is 3.62. The Hall–Kier alpha value is -1.30. The van der Waals surface area contributed by atoms with E-state index in [1.54, 1.807) is 7.05 Å². The maximum Gasteiger partial charge on any atom is 0.419 e. The largest absolute Gasteiger partial charge is 0.419 e. The first kappa shape index (κ1) is 14.1. The van der Waals surface area contributed by atoms with Crippen LogP contribution in [0.4, 0.5) is 19.0 Å². The summed E-state index contributed by atoms with van der Waals surface area (Å²) in [5.41, 5.74) is -0.754. The molecule has 0 saturated heterocycles. The molecule has 0 bridgehead atoms. The summed E-state index contributed by atoms with van der Waals surface area (Å²) >= 11 is 0. The van der Waals surface area contributed by atoms with E-state index in [0.29, 0.717) is 12.8 Å². The molecule has 0 aliphatic heterocycles. The van der Waals surface area contributed by atoms with Gasteiger partial charge in [0.2, 0.25) is 0 Å². The van der Waals surface area contributed by atoms with Crippen molar-refractivity contribution >= 4 is 5.82 Å². The Morgan fingerprint density at radius 2 is 2.00 bits per heavy atom. The Kier molecular flexibility index (Phi) is 3.99. The summed E-state index contributed by atoms with van der Waals surface area (Å²) in [6, 6.07) is 2.00. The normalized spacial score (nSPS) is 24.3. The second-order valence-electron chi connectivity index (χ2n) is 4.90. The second-order valence-corrected chi connectivity index (χ2v) is 4.90. The number of aliphatic hydroxyl groups excluding tert-OH is 1. The molecule has 1 fully saturated rings. The molecule has 1 heterocycles. The van der Waals surface area contributed by atoms with Crippen molar-refractivity contribution < 1.29 is 18.3 Å². The fourth-order valence-corrected chi connectivity index (χ4v) is 2.60. The molecule has 106 valence electrons.